The molecule has 2 fully saturated rings. The zero-order valence-corrected chi connectivity index (χ0v) is 19.9. The number of piperidine rings is 1. The summed E-state index contributed by atoms with van der Waals surface area (Å²) in [6.45, 7) is 4.36. The first-order chi connectivity index (χ1) is 15.9. The Labute approximate surface area is 196 Å². The van der Waals surface area contributed by atoms with Gasteiger partial charge in [-0.25, -0.2) is 8.42 Å². The highest BCUT2D eigenvalue weighted by Crippen LogP contribution is 2.23. The van der Waals surface area contributed by atoms with Crippen LogP contribution in [0.15, 0.2) is 48.5 Å². The Morgan fingerprint density at radius 1 is 0.818 bits per heavy atom. The van der Waals surface area contributed by atoms with Crippen LogP contribution in [0.25, 0.3) is 0 Å². The second kappa shape index (κ2) is 10.3. The number of nitrogens with zero attached hydrogens (tertiary/aromatic N) is 3. The number of carbonyl (C=O) groups is 1. The molecule has 33 heavy (non-hydrogen) atoms. The molecular weight excluding hydrogens is 440 g/mol. The van der Waals surface area contributed by atoms with Gasteiger partial charge in [0, 0.05) is 56.3 Å². The molecule has 0 atom stereocenters. The second-order valence-corrected chi connectivity index (χ2v) is 10.2. The van der Waals surface area contributed by atoms with Gasteiger partial charge >= 0.3 is 0 Å². The van der Waals surface area contributed by atoms with E-state index >= 15 is 0 Å². The lowest BCUT2D eigenvalue weighted by Gasteiger charge is -2.36. The van der Waals surface area contributed by atoms with E-state index in [1.807, 2.05) is 36.4 Å². The van der Waals surface area contributed by atoms with Gasteiger partial charge in [-0.05, 0) is 67.8 Å². The molecule has 0 aliphatic carbocycles. The van der Waals surface area contributed by atoms with Crippen LogP contribution in [0.3, 0.4) is 0 Å². The largest absolute Gasteiger partial charge is 0.497 e. The Morgan fingerprint density at radius 2 is 1.36 bits per heavy atom. The summed E-state index contributed by atoms with van der Waals surface area (Å²) >= 11 is 0. The molecule has 0 aromatic heterocycles. The minimum absolute atomic E-state index is 0.373. The molecule has 2 aliphatic rings. The van der Waals surface area contributed by atoms with Crippen molar-refractivity contribution in [2.75, 3.05) is 66.7 Å². The number of methoxy groups -OCH3 is 1. The number of nitrogens with one attached hydrogen (secondary N) is 1. The lowest BCUT2D eigenvalue weighted by molar-refractivity contribution is -0.128. The molecule has 8 nitrogen and oxygen atoms in total. The van der Waals surface area contributed by atoms with Crippen LogP contribution in [-0.2, 0) is 14.8 Å². The average Bonchev–Trinajstić information content (AvgIpc) is 2.84. The van der Waals surface area contributed by atoms with Crippen LogP contribution in [0.2, 0.25) is 0 Å². The van der Waals surface area contributed by atoms with Gasteiger partial charge in [0.25, 0.3) is 0 Å². The smallest absolute Gasteiger partial charge is 0.241 e. The number of hydrogen-bond donors (Lipinski definition) is 1. The van der Waals surface area contributed by atoms with Crippen molar-refractivity contribution in [1.29, 1.82) is 0 Å². The van der Waals surface area contributed by atoms with E-state index in [4.69, 9.17) is 4.74 Å². The van der Waals surface area contributed by atoms with Crippen molar-refractivity contribution in [2.45, 2.75) is 19.3 Å². The van der Waals surface area contributed by atoms with Crippen LogP contribution in [0, 0.1) is 0 Å². The molecule has 2 aromatic carbocycles. The van der Waals surface area contributed by atoms with Crippen LogP contribution in [0.1, 0.15) is 19.3 Å². The van der Waals surface area contributed by atoms with Gasteiger partial charge in [-0.1, -0.05) is 0 Å². The highest BCUT2D eigenvalue weighted by molar-refractivity contribution is 7.93. The van der Waals surface area contributed by atoms with E-state index in [1.165, 1.54) is 19.3 Å². The summed E-state index contributed by atoms with van der Waals surface area (Å²) in [5, 5.41) is 0. The van der Waals surface area contributed by atoms with Gasteiger partial charge in [0.15, 0.2) is 0 Å². The Kier molecular flexibility index (Phi) is 7.27. The molecule has 0 unspecified atom stereocenters. The number of rotatable bonds is 7. The third-order valence-electron chi connectivity index (χ3n) is 6.25. The first-order valence-electron chi connectivity index (χ1n) is 11.5. The van der Waals surface area contributed by atoms with E-state index in [9.17, 15) is 13.2 Å². The van der Waals surface area contributed by atoms with Crippen molar-refractivity contribution in [3.05, 3.63) is 48.5 Å². The standard InChI is InChI=1S/C24H32N4O4S/c1-32-23-11-9-22(10-12-23)27-15-17-28(18-16-27)24(29)19-33(30,31)25-20-5-7-21(8-6-20)26-13-3-2-4-14-26/h5-12,25H,2-4,13-19H2,1H3. The quantitative estimate of drug-likeness (QED) is 0.667. The van der Waals surface area contributed by atoms with Crippen molar-refractivity contribution in [1.82, 2.24) is 4.90 Å². The highest BCUT2D eigenvalue weighted by Gasteiger charge is 2.25. The maximum absolute atomic E-state index is 12.7. The summed E-state index contributed by atoms with van der Waals surface area (Å²) in [6.07, 6.45) is 3.63. The molecule has 0 radical (unpaired) electrons. The molecule has 9 heteroatoms. The van der Waals surface area contributed by atoms with Crippen molar-refractivity contribution >= 4 is 33.0 Å². The zero-order chi connectivity index (χ0) is 23.3. The number of anilines is 3. The monoisotopic (exact) mass is 472 g/mol. The molecule has 4 rings (SSSR count). The normalized spacial score (nSPS) is 17.1. The van der Waals surface area contributed by atoms with Crippen molar-refractivity contribution in [3.8, 4) is 5.75 Å². The summed E-state index contributed by atoms with van der Waals surface area (Å²) in [5.74, 6) is -0.128. The van der Waals surface area contributed by atoms with Crippen LogP contribution in [-0.4, -0.2) is 71.4 Å². The maximum Gasteiger partial charge on any atom is 0.241 e. The lowest BCUT2D eigenvalue weighted by atomic mass is 10.1. The van der Waals surface area contributed by atoms with Crippen LogP contribution < -0.4 is 19.3 Å². The van der Waals surface area contributed by atoms with E-state index in [0.29, 0.717) is 31.9 Å². The molecule has 2 aromatic rings. The number of benzene rings is 2. The summed E-state index contributed by atoms with van der Waals surface area (Å²) in [5.41, 5.74) is 2.64. The number of amides is 1. The van der Waals surface area contributed by atoms with Gasteiger partial charge in [0.2, 0.25) is 15.9 Å². The maximum atomic E-state index is 12.7. The van der Waals surface area contributed by atoms with Gasteiger partial charge in [0.1, 0.15) is 11.5 Å². The molecule has 178 valence electrons. The fourth-order valence-corrected chi connectivity index (χ4v) is 5.44. The van der Waals surface area contributed by atoms with Crippen molar-refractivity contribution in [2.24, 2.45) is 0 Å². The molecule has 1 N–H and O–H groups in total. The molecule has 1 amide bonds. The number of hydrogen-bond acceptors (Lipinski definition) is 6. The van der Waals surface area contributed by atoms with Gasteiger partial charge < -0.3 is 19.4 Å². The molecule has 2 saturated heterocycles. The number of carbonyl (C=O) groups excluding carboxylic acids is 1. The van der Waals surface area contributed by atoms with Crippen LogP contribution >= 0.6 is 0 Å². The Hall–Kier alpha value is -2.94. The van der Waals surface area contributed by atoms with Crippen molar-refractivity contribution in [3.63, 3.8) is 0 Å². The van der Waals surface area contributed by atoms with E-state index in [0.717, 1.165) is 30.2 Å². The fraction of sp³-hybridized carbons (Fsp3) is 0.458. The van der Waals surface area contributed by atoms with E-state index in [2.05, 4.69) is 14.5 Å². The summed E-state index contributed by atoms with van der Waals surface area (Å²) in [4.78, 5) is 18.8. The van der Waals surface area contributed by atoms with Crippen molar-refractivity contribution < 1.29 is 17.9 Å². The van der Waals surface area contributed by atoms with E-state index in [1.54, 1.807) is 24.1 Å². The third kappa shape index (κ3) is 6.10. The second-order valence-electron chi connectivity index (χ2n) is 8.52. The molecule has 2 aliphatic heterocycles. The molecule has 2 heterocycles. The SMILES string of the molecule is COc1ccc(N2CCN(C(=O)CS(=O)(=O)Nc3ccc(N4CCCCC4)cc3)CC2)cc1. The molecular formula is C24H32N4O4S. The lowest BCUT2D eigenvalue weighted by Crippen LogP contribution is -2.50. The molecule has 0 spiro atoms. The summed E-state index contributed by atoms with van der Waals surface area (Å²) in [6, 6.07) is 15.2. The number of sulfonamides is 1. The van der Waals surface area contributed by atoms with E-state index < -0.39 is 15.8 Å². The van der Waals surface area contributed by atoms with Gasteiger partial charge in [-0.3, -0.25) is 9.52 Å². The van der Waals surface area contributed by atoms with Crippen LogP contribution in [0.4, 0.5) is 17.1 Å². The zero-order valence-electron chi connectivity index (χ0n) is 19.1. The summed E-state index contributed by atoms with van der Waals surface area (Å²) < 4.78 is 32.9. The van der Waals surface area contributed by atoms with Crippen LogP contribution in [0.5, 0.6) is 5.75 Å². The minimum Gasteiger partial charge on any atom is -0.497 e. The fourth-order valence-electron chi connectivity index (χ4n) is 4.37. The molecule has 0 bridgehead atoms. The highest BCUT2D eigenvalue weighted by atomic mass is 32.2. The number of ether oxygens (including phenoxy) is 1. The third-order valence-corrected chi connectivity index (χ3v) is 7.42. The predicted octanol–water partition coefficient (Wildman–Crippen LogP) is 2.78. The molecule has 0 saturated carbocycles. The van der Waals surface area contributed by atoms with Gasteiger partial charge in [-0.15, -0.1) is 0 Å². The summed E-state index contributed by atoms with van der Waals surface area (Å²) in [7, 11) is -2.14. The first kappa shape index (κ1) is 23.2. The average molecular weight is 473 g/mol. The Balaban J connectivity index is 1.27. The first-order valence-corrected chi connectivity index (χ1v) is 13.1. The topological polar surface area (TPSA) is 82.2 Å². The van der Waals surface area contributed by atoms with Gasteiger partial charge in [-0.2, -0.15) is 0 Å². The Morgan fingerprint density at radius 3 is 1.94 bits per heavy atom. The van der Waals surface area contributed by atoms with E-state index in [-0.39, 0.29) is 5.91 Å². The Bertz CT molecular complexity index is 1030. The van der Waals surface area contributed by atoms with Gasteiger partial charge in [0.05, 0.1) is 7.11 Å². The minimum atomic E-state index is -3.78. The predicted molar refractivity (Wildman–Crippen MR) is 132 cm³/mol. The number of piperazine rings is 1.